The van der Waals surface area contributed by atoms with E-state index >= 15 is 0 Å². The number of rotatable bonds is 6. The molecule has 1 saturated heterocycles. The molecule has 1 amide bonds. The molecule has 3 atom stereocenters. The predicted molar refractivity (Wildman–Crippen MR) is 183 cm³/mol. The number of benzene rings is 2. The Morgan fingerprint density at radius 3 is 2.64 bits per heavy atom. The molecule has 1 aliphatic heterocycles. The number of nitrogens with one attached hydrogen (secondary N) is 1. The number of nitrogens with zero attached hydrogens (tertiary/aromatic N) is 5. The van der Waals surface area contributed by atoms with Crippen LogP contribution in [0.3, 0.4) is 0 Å². The van der Waals surface area contributed by atoms with Gasteiger partial charge in [-0.1, -0.05) is 6.07 Å². The Morgan fingerprint density at radius 1 is 1.04 bits per heavy atom. The van der Waals surface area contributed by atoms with Crippen LogP contribution in [0.25, 0.3) is 55.7 Å². The average Bonchev–Trinajstić information content (AvgIpc) is 3.47. The number of amides is 1. The fraction of sp³-hybridized carbons (Fsp3) is 0.351. The van der Waals surface area contributed by atoms with E-state index in [1.807, 2.05) is 43.1 Å². The van der Waals surface area contributed by atoms with Crippen LogP contribution in [0.15, 0.2) is 59.4 Å². The number of carbonyl (C=O) groups excluding carboxylic acids is 1. The minimum Gasteiger partial charge on any atom is -0.494 e. The zero-order chi connectivity index (χ0) is 32.1. The smallest absolute Gasteiger partial charge is 0.254 e. The number of hydrogen-bond acceptors (Lipinski definition) is 6. The number of likely N-dealkylation sites (tertiary alicyclic amines) is 1. The molecule has 5 heterocycles. The van der Waals surface area contributed by atoms with Crippen LogP contribution in [-0.4, -0.2) is 60.6 Å². The fourth-order valence-corrected chi connectivity index (χ4v) is 8.07. The minimum atomic E-state index is -0.0988. The monoisotopic (exact) mass is 627 g/mol. The third-order valence-corrected chi connectivity index (χ3v) is 10.8. The van der Waals surface area contributed by atoms with Crippen LogP contribution >= 0.6 is 0 Å². The van der Waals surface area contributed by atoms with Crippen molar-refractivity contribution in [3.8, 4) is 28.5 Å². The first-order valence-corrected chi connectivity index (χ1v) is 16.5. The molecule has 2 bridgehead atoms. The Hall–Kier alpha value is -4.96. The first-order valence-electron chi connectivity index (χ1n) is 16.5. The summed E-state index contributed by atoms with van der Waals surface area (Å²) in [6, 6.07) is 18.0. The summed E-state index contributed by atoms with van der Waals surface area (Å²) < 4.78 is 10.3. The molecule has 9 rings (SSSR count). The molecule has 10 nitrogen and oxygen atoms in total. The van der Waals surface area contributed by atoms with Crippen LogP contribution in [-0.2, 0) is 13.6 Å². The van der Waals surface area contributed by atoms with Crippen molar-refractivity contribution in [3.63, 3.8) is 0 Å². The summed E-state index contributed by atoms with van der Waals surface area (Å²) in [5.74, 6) is 2.41. The van der Waals surface area contributed by atoms with Gasteiger partial charge < -0.3 is 29.5 Å². The number of methoxy groups -OCH3 is 1. The summed E-state index contributed by atoms with van der Waals surface area (Å²) >= 11 is 0. The van der Waals surface area contributed by atoms with Gasteiger partial charge in [-0.2, -0.15) is 0 Å². The molecule has 3 fully saturated rings. The standard InChI is InChI=1S/C37H37N7O3/c1-19-12-32(45)39-27-10-6-21(13-25(19)27)26-9-7-22-15-30(43(35(22)40-26)17-20-4-5-20)36-41-28-14-24(16-31(47-3)34(28)42(36)2)37(46)44-18-23-8-11-29(44)33(23)38/h6-7,9-10,12-16,20,23,29,33H,4-5,8,11,17-18,38H2,1-3H3,(H,39,45)/t23?,29?,33-/m1/s1. The van der Waals surface area contributed by atoms with Gasteiger partial charge in [0.1, 0.15) is 16.9 Å². The molecular formula is C37H37N7O3. The third-order valence-electron chi connectivity index (χ3n) is 10.8. The Balaban J connectivity index is 1.15. The van der Waals surface area contributed by atoms with Crippen LogP contribution in [0.5, 0.6) is 5.75 Å². The van der Waals surface area contributed by atoms with E-state index in [4.69, 9.17) is 20.4 Å². The second kappa shape index (κ2) is 10.3. The van der Waals surface area contributed by atoms with Crippen molar-refractivity contribution in [1.29, 1.82) is 0 Å². The van der Waals surface area contributed by atoms with Crippen molar-refractivity contribution < 1.29 is 9.53 Å². The highest BCUT2D eigenvalue weighted by Gasteiger charge is 2.47. The topological polar surface area (TPSA) is 124 Å². The number of pyridine rings is 2. The molecule has 2 aromatic carbocycles. The van der Waals surface area contributed by atoms with E-state index in [0.717, 1.165) is 80.7 Å². The molecule has 10 heteroatoms. The molecule has 6 aromatic rings. The lowest BCUT2D eigenvalue weighted by Crippen LogP contribution is -2.41. The highest BCUT2D eigenvalue weighted by Crippen LogP contribution is 2.40. The Labute approximate surface area is 271 Å². The van der Waals surface area contributed by atoms with E-state index in [2.05, 4.69) is 38.4 Å². The summed E-state index contributed by atoms with van der Waals surface area (Å²) in [7, 11) is 3.65. The van der Waals surface area contributed by atoms with Crippen molar-refractivity contribution in [3.05, 3.63) is 76.1 Å². The van der Waals surface area contributed by atoms with E-state index in [-0.39, 0.29) is 23.6 Å². The zero-order valence-corrected chi connectivity index (χ0v) is 26.8. The second-order valence-electron chi connectivity index (χ2n) is 13.8. The van der Waals surface area contributed by atoms with Gasteiger partial charge in [0.15, 0.2) is 5.82 Å². The first kappa shape index (κ1) is 28.3. The summed E-state index contributed by atoms with van der Waals surface area (Å²) in [5, 5.41) is 2.05. The number of aromatic amines is 1. The fourth-order valence-electron chi connectivity index (χ4n) is 8.07. The zero-order valence-electron chi connectivity index (χ0n) is 26.8. The summed E-state index contributed by atoms with van der Waals surface area (Å²) in [5.41, 5.74) is 14.0. The van der Waals surface area contributed by atoms with Crippen molar-refractivity contribution >= 4 is 38.9 Å². The van der Waals surface area contributed by atoms with Gasteiger partial charge in [0.25, 0.3) is 5.91 Å². The SMILES string of the molecule is COc1cc(C(=O)N2CC3CCC2[C@@H]3N)cc2nc(-c3cc4ccc(-c5ccc6[nH]c(=O)cc(C)c6c5)nc4n3CC3CC3)n(C)c12. The number of nitrogens with two attached hydrogens (primary N) is 1. The highest BCUT2D eigenvalue weighted by molar-refractivity contribution is 6.00. The molecular weight excluding hydrogens is 590 g/mol. The molecule has 0 spiro atoms. The highest BCUT2D eigenvalue weighted by atomic mass is 16.5. The van der Waals surface area contributed by atoms with E-state index in [1.54, 1.807) is 13.2 Å². The van der Waals surface area contributed by atoms with Gasteiger partial charge in [-0.25, -0.2) is 9.97 Å². The number of aryl methyl sites for hydroxylation is 2. The Bertz CT molecular complexity index is 2330. The number of fused-ring (bicyclic) bond motifs is 5. The van der Waals surface area contributed by atoms with Crippen molar-refractivity contribution in [2.24, 2.45) is 24.6 Å². The summed E-state index contributed by atoms with van der Waals surface area (Å²) in [6.45, 7) is 3.53. The first-order chi connectivity index (χ1) is 22.8. The van der Waals surface area contributed by atoms with Crippen LogP contribution in [0.1, 0.15) is 41.6 Å². The normalized spacial score (nSPS) is 20.7. The van der Waals surface area contributed by atoms with E-state index in [9.17, 15) is 9.59 Å². The number of H-pyrrole nitrogens is 1. The maximum atomic E-state index is 13.8. The largest absolute Gasteiger partial charge is 0.494 e. The molecule has 2 saturated carbocycles. The van der Waals surface area contributed by atoms with Crippen LogP contribution in [0.4, 0.5) is 0 Å². The molecule has 2 unspecified atom stereocenters. The van der Waals surface area contributed by atoms with Gasteiger partial charge >= 0.3 is 0 Å². The molecule has 0 radical (unpaired) electrons. The number of ether oxygens (including phenoxy) is 1. The maximum absolute atomic E-state index is 13.8. The van der Waals surface area contributed by atoms with E-state index in [0.29, 0.717) is 29.7 Å². The number of carbonyl (C=O) groups is 1. The number of piperidine rings is 1. The van der Waals surface area contributed by atoms with Crippen molar-refractivity contribution in [2.75, 3.05) is 13.7 Å². The maximum Gasteiger partial charge on any atom is 0.254 e. The van der Waals surface area contributed by atoms with Gasteiger partial charge in [-0.15, -0.1) is 0 Å². The van der Waals surface area contributed by atoms with Gasteiger partial charge in [-0.3, -0.25) is 9.59 Å². The summed E-state index contributed by atoms with van der Waals surface area (Å²) in [4.78, 5) is 41.0. The van der Waals surface area contributed by atoms with Gasteiger partial charge in [-0.05, 0) is 92.5 Å². The number of aromatic nitrogens is 5. The van der Waals surface area contributed by atoms with E-state index in [1.165, 1.54) is 12.8 Å². The second-order valence-corrected chi connectivity index (χ2v) is 13.8. The van der Waals surface area contributed by atoms with Crippen molar-refractivity contribution in [1.82, 2.24) is 29.0 Å². The van der Waals surface area contributed by atoms with Crippen LogP contribution in [0.2, 0.25) is 0 Å². The average molecular weight is 628 g/mol. The van der Waals surface area contributed by atoms with Gasteiger partial charge in [0.2, 0.25) is 5.56 Å². The van der Waals surface area contributed by atoms with Crippen LogP contribution in [0, 0.1) is 18.8 Å². The molecule has 47 heavy (non-hydrogen) atoms. The van der Waals surface area contributed by atoms with Crippen molar-refractivity contribution in [2.45, 2.75) is 51.2 Å². The lowest BCUT2D eigenvalue weighted by atomic mass is 10.0. The lowest BCUT2D eigenvalue weighted by molar-refractivity contribution is 0.0700. The number of hydrogen-bond donors (Lipinski definition) is 2. The lowest BCUT2D eigenvalue weighted by Gasteiger charge is -2.27. The molecule has 3 aliphatic rings. The number of imidazole rings is 1. The third kappa shape index (κ3) is 4.41. The molecule has 4 aromatic heterocycles. The minimum absolute atomic E-state index is 0.00475. The van der Waals surface area contributed by atoms with Gasteiger partial charge in [0.05, 0.1) is 24.0 Å². The molecule has 238 valence electrons. The molecule has 2 aliphatic carbocycles. The van der Waals surface area contributed by atoms with Crippen LogP contribution < -0.4 is 16.0 Å². The van der Waals surface area contributed by atoms with E-state index < -0.39 is 0 Å². The Morgan fingerprint density at radius 2 is 1.89 bits per heavy atom. The van der Waals surface area contributed by atoms with Gasteiger partial charge in [0, 0.05) is 65.7 Å². The Kier molecular flexibility index (Phi) is 6.18. The molecule has 3 N–H and O–H groups in total. The summed E-state index contributed by atoms with van der Waals surface area (Å²) in [6.07, 6.45) is 4.46. The quantitative estimate of drug-likeness (QED) is 0.255. The predicted octanol–water partition coefficient (Wildman–Crippen LogP) is 5.39.